The Morgan fingerprint density at radius 1 is 1.42 bits per heavy atom. The first-order valence-corrected chi connectivity index (χ1v) is 6.91. The molecule has 0 N–H and O–H groups in total. The van der Waals surface area contributed by atoms with E-state index >= 15 is 0 Å². The molecule has 0 atom stereocenters. The molecule has 6 heteroatoms. The molecule has 19 heavy (non-hydrogen) atoms. The Bertz CT molecular complexity index is 605. The highest BCUT2D eigenvalue weighted by Gasteiger charge is 2.19. The Hall–Kier alpha value is -1.66. The van der Waals surface area contributed by atoms with Gasteiger partial charge in [0, 0.05) is 18.7 Å². The molecule has 1 aliphatic heterocycles. The van der Waals surface area contributed by atoms with Crippen LogP contribution in [-0.2, 0) is 4.74 Å². The van der Waals surface area contributed by atoms with Gasteiger partial charge < -0.3 is 14.4 Å². The van der Waals surface area contributed by atoms with E-state index in [1.54, 1.807) is 7.11 Å². The Morgan fingerprint density at radius 3 is 2.95 bits per heavy atom. The van der Waals surface area contributed by atoms with Crippen molar-refractivity contribution in [1.29, 1.82) is 0 Å². The molecule has 1 fully saturated rings. The second-order valence-electron chi connectivity index (χ2n) is 4.27. The van der Waals surface area contributed by atoms with E-state index < -0.39 is 0 Å². The van der Waals surface area contributed by atoms with E-state index in [0.717, 1.165) is 10.2 Å². The molecule has 1 saturated heterocycles. The lowest BCUT2D eigenvalue weighted by atomic mass is 10.2. The Labute approximate surface area is 114 Å². The third-order valence-corrected chi connectivity index (χ3v) is 4.09. The summed E-state index contributed by atoms with van der Waals surface area (Å²) >= 11 is 1.48. The molecule has 0 unspecified atom stereocenters. The molecule has 0 radical (unpaired) electrons. The fraction of sp³-hybridized carbons (Fsp3) is 0.385. The summed E-state index contributed by atoms with van der Waals surface area (Å²) in [6.45, 7) is 2.52. The van der Waals surface area contributed by atoms with Gasteiger partial charge in [0.05, 0.1) is 30.5 Å². The van der Waals surface area contributed by atoms with Crippen molar-refractivity contribution >= 4 is 27.5 Å². The number of thiazole rings is 1. The van der Waals surface area contributed by atoms with Crippen molar-refractivity contribution in [2.75, 3.05) is 33.4 Å². The molecule has 100 valence electrons. The third-order valence-electron chi connectivity index (χ3n) is 3.09. The van der Waals surface area contributed by atoms with Crippen LogP contribution in [0.1, 0.15) is 10.4 Å². The summed E-state index contributed by atoms with van der Waals surface area (Å²) in [7, 11) is 1.59. The summed E-state index contributed by atoms with van der Waals surface area (Å²) < 4.78 is 11.4. The second kappa shape index (κ2) is 5.14. The predicted octanol–water partition coefficient (Wildman–Crippen LogP) is 1.78. The predicted molar refractivity (Wildman–Crippen MR) is 72.9 cm³/mol. The largest absolute Gasteiger partial charge is 0.473 e. The van der Waals surface area contributed by atoms with Gasteiger partial charge in [-0.3, -0.25) is 4.79 Å². The van der Waals surface area contributed by atoms with Crippen molar-refractivity contribution in [1.82, 2.24) is 9.88 Å². The van der Waals surface area contributed by atoms with Crippen LogP contribution in [0.5, 0.6) is 5.19 Å². The first-order chi connectivity index (χ1) is 9.28. The summed E-state index contributed by atoms with van der Waals surface area (Å²) in [6, 6.07) is 5.59. The Balaban J connectivity index is 1.89. The van der Waals surface area contributed by atoms with Crippen molar-refractivity contribution in [3.63, 3.8) is 0 Å². The van der Waals surface area contributed by atoms with Crippen LogP contribution in [0.15, 0.2) is 18.2 Å². The van der Waals surface area contributed by atoms with Gasteiger partial charge in [0.2, 0.25) is 0 Å². The summed E-state index contributed by atoms with van der Waals surface area (Å²) in [5, 5.41) is 0.617. The molecule has 0 saturated carbocycles. The number of amides is 1. The van der Waals surface area contributed by atoms with E-state index in [0.29, 0.717) is 37.1 Å². The molecule has 0 bridgehead atoms. The Morgan fingerprint density at radius 2 is 2.21 bits per heavy atom. The number of aromatic nitrogens is 1. The van der Waals surface area contributed by atoms with Crippen LogP contribution in [0.3, 0.4) is 0 Å². The van der Waals surface area contributed by atoms with Crippen LogP contribution in [0.4, 0.5) is 0 Å². The van der Waals surface area contributed by atoms with E-state index in [1.165, 1.54) is 11.3 Å². The van der Waals surface area contributed by atoms with Crippen molar-refractivity contribution in [2.24, 2.45) is 0 Å². The lowest BCUT2D eigenvalue weighted by Gasteiger charge is -2.26. The monoisotopic (exact) mass is 278 g/mol. The van der Waals surface area contributed by atoms with Gasteiger partial charge in [-0.15, -0.1) is 0 Å². The molecule has 5 nitrogen and oxygen atoms in total. The van der Waals surface area contributed by atoms with E-state index in [2.05, 4.69) is 4.98 Å². The number of ether oxygens (including phenoxy) is 2. The van der Waals surface area contributed by atoms with E-state index in [-0.39, 0.29) is 5.91 Å². The third kappa shape index (κ3) is 2.41. The lowest BCUT2D eigenvalue weighted by Crippen LogP contribution is -2.40. The molecular formula is C13H14N2O3S. The molecule has 1 aromatic carbocycles. The normalized spacial score (nSPS) is 15.7. The summed E-state index contributed by atoms with van der Waals surface area (Å²) in [5.41, 5.74) is 1.48. The van der Waals surface area contributed by atoms with Gasteiger partial charge in [0.1, 0.15) is 0 Å². The zero-order valence-electron chi connectivity index (χ0n) is 10.6. The quantitative estimate of drug-likeness (QED) is 0.840. The minimum Gasteiger partial charge on any atom is -0.473 e. The Kier molecular flexibility index (Phi) is 3.35. The summed E-state index contributed by atoms with van der Waals surface area (Å²) in [5.74, 6) is 0.0390. The SMILES string of the molecule is COc1nc2cc(C(=O)N3CCOCC3)ccc2s1. The zero-order chi connectivity index (χ0) is 13.2. The van der Waals surface area contributed by atoms with Crippen molar-refractivity contribution in [3.05, 3.63) is 23.8 Å². The molecule has 1 aliphatic rings. The molecular weight excluding hydrogens is 264 g/mol. The van der Waals surface area contributed by atoms with Gasteiger partial charge in [-0.05, 0) is 18.2 Å². The minimum absolute atomic E-state index is 0.0390. The van der Waals surface area contributed by atoms with Crippen LogP contribution < -0.4 is 4.74 Å². The van der Waals surface area contributed by atoms with Crippen LogP contribution in [0.25, 0.3) is 10.2 Å². The number of hydrogen-bond acceptors (Lipinski definition) is 5. The fourth-order valence-electron chi connectivity index (χ4n) is 2.08. The van der Waals surface area contributed by atoms with Crippen molar-refractivity contribution < 1.29 is 14.3 Å². The molecule has 1 aromatic heterocycles. The zero-order valence-corrected chi connectivity index (χ0v) is 11.4. The average molecular weight is 278 g/mol. The van der Waals surface area contributed by atoms with Gasteiger partial charge >= 0.3 is 0 Å². The maximum atomic E-state index is 12.3. The summed E-state index contributed by atoms with van der Waals surface area (Å²) in [6.07, 6.45) is 0. The molecule has 0 spiro atoms. The fourth-order valence-corrected chi connectivity index (χ4v) is 2.84. The number of hydrogen-bond donors (Lipinski definition) is 0. The van der Waals surface area contributed by atoms with Crippen molar-refractivity contribution in [3.8, 4) is 5.19 Å². The molecule has 2 heterocycles. The highest BCUT2D eigenvalue weighted by atomic mass is 32.1. The first kappa shape index (κ1) is 12.4. The molecule has 3 rings (SSSR count). The smallest absolute Gasteiger partial charge is 0.274 e. The number of morpholine rings is 1. The lowest BCUT2D eigenvalue weighted by molar-refractivity contribution is 0.0303. The van der Waals surface area contributed by atoms with Crippen LogP contribution in [0, 0.1) is 0 Å². The first-order valence-electron chi connectivity index (χ1n) is 6.09. The number of rotatable bonds is 2. The van der Waals surface area contributed by atoms with Crippen LogP contribution in [-0.4, -0.2) is 49.2 Å². The van der Waals surface area contributed by atoms with E-state index in [1.807, 2.05) is 23.1 Å². The molecule has 0 aliphatic carbocycles. The highest BCUT2D eigenvalue weighted by molar-refractivity contribution is 7.20. The topological polar surface area (TPSA) is 51.7 Å². The second-order valence-corrected chi connectivity index (χ2v) is 5.26. The number of fused-ring (bicyclic) bond motifs is 1. The van der Waals surface area contributed by atoms with Crippen LogP contribution >= 0.6 is 11.3 Å². The van der Waals surface area contributed by atoms with Gasteiger partial charge in [-0.1, -0.05) is 11.3 Å². The minimum atomic E-state index is 0.0390. The highest BCUT2D eigenvalue weighted by Crippen LogP contribution is 2.28. The van der Waals surface area contributed by atoms with Gasteiger partial charge in [-0.2, -0.15) is 0 Å². The van der Waals surface area contributed by atoms with Gasteiger partial charge in [0.25, 0.3) is 11.1 Å². The molecule has 2 aromatic rings. The van der Waals surface area contributed by atoms with Gasteiger partial charge in [-0.25, -0.2) is 4.98 Å². The maximum absolute atomic E-state index is 12.3. The number of methoxy groups -OCH3 is 1. The van der Waals surface area contributed by atoms with E-state index in [4.69, 9.17) is 9.47 Å². The van der Waals surface area contributed by atoms with Crippen molar-refractivity contribution in [2.45, 2.75) is 0 Å². The number of carbonyl (C=O) groups is 1. The average Bonchev–Trinajstić information content (AvgIpc) is 2.89. The van der Waals surface area contributed by atoms with Crippen LogP contribution in [0.2, 0.25) is 0 Å². The number of benzene rings is 1. The standard InChI is InChI=1S/C13H14N2O3S/c1-17-13-14-10-8-9(2-3-11(10)19-13)12(16)15-4-6-18-7-5-15/h2-3,8H,4-7H2,1H3. The maximum Gasteiger partial charge on any atom is 0.274 e. The number of nitrogens with zero attached hydrogens (tertiary/aromatic N) is 2. The summed E-state index contributed by atoms with van der Waals surface area (Å²) in [4.78, 5) is 18.5. The van der Waals surface area contributed by atoms with E-state index in [9.17, 15) is 4.79 Å². The number of carbonyl (C=O) groups excluding carboxylic acids is 1. The molecule has 1 amide bonds. The van der Waals surface area contributed by atoms with Gasteiger partial charge in [0.15, 0.2) is 0 Å².